The van der Waals surface area contributed by atoms with Crippen molar-refractivity contribution in [3.8, 4) is 0 Å². The van der Waals surface area contributed by atoms with Gasteiger partial charge in [0.25, 0.3) is 5.56 Å². The zero-order chi connectivity index (χ0) is 19.6. The van der Waals surface area contributed by atoms with Gasteiger partial charge in [0.1, 0.15) is 5.54 Å². The number of aromatic nitrogens is 2. The van der Waals surface area contributed by atoms with Gasteiger partial charge in [-0.2, -0.15) is 0 Å². The van der Waals surface area contributed by atoms with E-state index in [0.29, 0.717) is 29.7 Å². The molecule has 0 aliphatic heterocycles. The van der Waals surface area contributed by atoms with Gasteiger partial charge in [-0.3, -0.25) is 19.1 Å². The summed E-state index contributed by atoms with van der Waals surface area (Å²) in [5, 5.41) is 12.7. The molecule has 2 aromatic rings. The largest absolute Gasteiger partial charge is 0.480 e. The van der Waals surface area contributed by atoms with E-state index in [1.54, 1.807) is 24.3 Å². The number of hydrogen-bond acceptors (Lipinski definition) is 4. The molecule has 0 bridgehead atoms. The van der Waals surface area contributed by atoms with Gasteiger partial charge in [-0.15, -0.1) is 0 Å². The first-order valence-corrected chi connectivity index (χ1v) is 9.09. The lowest BCUT2D eigenvalue weighted by atomic mass is 9.77. The summed E-state index contributed by atoms with van der Waals surface area (Å²) in [5.41, 5.74) is -1.86. The number of para-hydroxylation sites is 1. The Hall–Kier alpha value is -2.90. The molecule has 1 aliphatic carbocycles. The summed E-state index contributed by atoms with van der Waals surface area (Å²) in [6.45, 7) is 2.12. The van der Waals surface area contributed by atoms with E-state index in [1.807, 2.05) is 0 Å². The number of aromatic amines is 1. The van der Waals surface area contributed by atoms with Crippen molar-refractivity contribution in [2.45, 2.75) is 51.1 Å². The van der Waals surface area contributed by atoms with Crippen molar-refractivity contribution in [2.24, 2.45) is 5.92 Å². The first-order chi connectivity index (χ1) is 12.8. The molecule has 8 heteroatoms. The fourth-order valence-electron chi connectivity index (χ4n) is 3.65. The molecule has 0 spiro atoms. The second-order valence-electron chi connectivity index (χ2n) is 7.30. The van der Waals surface area contributed by atoms with Gasteiger partial charge < -0.3 is 10.4 Å². The molecule has 0 atom stereocenters. The van der Waals surface area contributed by atoms with E-state index in [-0.39, 0.29) is 13.0 Å². The lowest BCUT2D eigenvalue weighted by Crippen LogP contribution is -2.56. The Morgan fingerprint density at radius 2 is 1.93 bits per heavy atom. The van der Waals surface area contributed by atoms with Gasteiger partial charge in [-0.05, 0) is 43.7 Å². The van der Waals surface area contributed by atoms with Crippen LogP contribution in [0.5, 0.6) is 0 Å². The Morgan fingerprint density at radius 3 is 2.59 bits per heavy atom. The van der Waals surface area contributed by atoms with Crippen LogP contribution in [0.1, 0.15) is 39.0 Å². The molecule has 1 aliphatic rings. The molecule has 3 rings (SSSR count). The van der Waals surface area contributed by atoms with Crippen molar-refractivity contribution >= 4 is 22.8 Å². The lowest BCUT2D eigenvalue weighted by molar-refractivity contribution is -0.149. The SMILES string of the molecule is CC1CCC(NC(=O)CCn2c(=O)[nH]c(=O)c3ccccc32)(C(=O)O)CC1. The van der Waals surface area contributed by atoms with Crippen molar-refractivity contribution in [1.29, 1.82) is 0 Å². The minimum Gasteiger partial charge on any atom is -0.480 e. The predicted octanol–water partition coefficient (Wildman–Crippen LogP) is 1.23. The fraction of sp³-hybridized carbons (Fsp3) is 0.474. The minimum absolute atomic E-state index is 0.0497. The molecule has 0 unspecified atom stereocenters. The second kappa shape index (κ2) is 7.38. The molecule has 1 saturated carbocycles. The van der Waals surface area contributed by atoms with E-state index in [2.05, 4.69) is 17.2 Å². The van der Waals surface area contributed by atoms with Crippen LogP contribution in [0.15, 0.2) is 33.9 Å². The van der Waals surface area contributed by atoms with Crippen LogP contribution >= 0.6 is 0 Å². The summed E-state index contributed by atoms with van der Waals surface area (Å²) in [5.74, 6) is -0.996. The number of benzene rings is 1. The third kappa shape index (κ3) is 3.79. The number of rotatable bonds is 5. The quantitative estimate of drug-likeness (QED) is 0.728. The van der Waals surface area contributed by atoms with Crippen LogP contribution in [0, 0.1) is 5.92 Å². The highest BCUT2D eigenvalue weighted by Crippen LogP contribution is 2.32. The first kappa shape index (κ1) is 18.9. The molecule has 1 fully saturated rings. The molecule has 27 heavy (non-hydrogen) atoms. The van der Waals surface area contributed by atoms with E-state index >= 15 is 0 Å². The lowest BCUT2D eigenvalue weighted by Gasteiger charge is -2.36. The van der Waals surface area contributed by atoms with E-state index in [0.717, 1.165) is 12.8 Å². The molecule has 3 N–H and O–H groups in total. The van der Waals surface area contributed by atoms with Crippen LogP contribution in [0.2, 0.25) is 0 Å². The summed E-state index contributed by atoms with van der Waals surface area (Å²) >= 11 is 0. The molecule has 0 radical (unpaired) electrons. The number of carboxylic acid groups (broad SMARTS) is 1. The van der Waals surface area contributed by atoms with Crippen molar-refractivity contribution < 1.29 is 14.7 Å². The predicted molar refractivity (Wildman–Crippen MR) is 99.6 cm³/mol. The number of amides is 1. The van der Waals surface area contributed by atoms with E-state index in [9.17, 15) is 24.3 Å². The third-order valence-corrected chi connectivity index (χ3v) is 5.38. The Balaban J connectivity index is 1.76. The summed E-state index contributed by atoms with van der Waals surface area (Å²) in [6.07, 6.45) is 2.24. The number of H-pyrrole nitrogens is 1. The highest BCUT2D eigenvalue weighted by atomic mass is 16.4. The van der Waals surface area contributed by atoms with Gasteiger partial charge >= 0.3 is 11.7 Å². The van der Waals surface area contributed by atoms with Crippen molar-refractivity contribution in [2.75, 3.05) is 0 Å². The number of fused-ring (bicyclic) bond motifs is 1. The zero-order valence-electron chi connectivity index (χ0n) is 15.2. The Morgan fingerprint density at radius 1 is 1.26 bits per heavy atom. The van der Waals surface area contributed by atoms with Crippen molar-refractivity contribution in [3.63, 3.8) is 0 Å². The average molecular weight is 373 g/mol. The van der Waals surface area contributed by atoms with Gasteiger partial charge in [0.15, 0.2) is 0 Å². The van der Waals surface area contributed by atoms with Gasteiger partial charge in [0, 0.05) is 13.0 Å². The van der Waals surface area contributed by atoms with Gasteiger partial charge in [0.2, 0.25) is 5.91 Å². The van der Waals surface area contributed by atoms with Crippen molar-refractivity contribution in [3.05, 3.63) is 45.1 Å². The van der Waals surface area contributed by atoms with Crippen LogP contribution in [-0.4, -0.2) is 32.1 Å². The van der Waals surface area contributed by atoms with Crippen LogP contribution in [-0.2, 0) is 16.1 Å². The zero-order valence-corrected chi connectivity index (χ0v) is 15.2. The number of carboxylic acids is 1. The summed E-state index contributed by atoms with van der Waals surface area (Å²) in [7, 11) is 0. The van der Waals surface area contributed by atoms with Crippen LogP contribution in [0.4, 0.5) is 0 Å². The normalized spacial score (nSPS) is 22.5. The molecule has 1 aromatic heterocycles. The maximum Gasteiger partial charge on any atom is 0.329 e. The Bertz CT molecular complexity index is 983. The number of aliphatic carboxylic acids is 1. The molecule has 144 valence electrons. The van der Waals surface area contributed by atoms with Gasteiger partial charge in [-0.1, -0.05) is 19.1 Å². The average Bonchev–Trinajstić information content (AvgIpc) is 2.63. The topological polar surface area (TPSA) is 121 Å². The second-order valence-corrected chi connectivity index (χ2v) is 7.30. The van der Waals surface area contributed by atoms with E-state index < -0.39 is 28.7 Å². The summed E-state index contributed by atoms with van der Waals surface area (Å²) < 4.78 is 1.33. The van der Waals surface area contributed by atoms with Crippen LogP contribution in [0.3, 0.4) is 0 Å². The van der Waals surface area contributed by atoms with Gasteiger partial charge in [-0.25, -0.2) is 9.59 Å². The highest BCUT2D eigenvalue weighted by molar-refractivity contribution is 5.87. The Kier molecular flexibility index (Phi) is 5.16. The molecule has 1 amide bonds. The molecule has 1 heterocycles. The van der Waals surface area contributed by atoms with E-state index in [4.69, 9.17) is 0 Å². The standard InChI is InChI=1S/C19H23N3O5/c1-12-6-9-19(10-7-12,17(25)26)21-15(23)8-11-22-14-5-3-2-4-13(14)16(24)20-18(22)27/h2-5,12H,6-11H2,1H3,(H,21,23)(H,25,26)(H,20,24,27). The highest BCUT2D eigenvalue weighted by Gasteiger charge is 2.42. The van der Waals surface area contributed by atoms with Crippen LogP contribution in [0.25, 0.3) is 10.9 Å². The molecular formula is C19H23N3O5. The van der Waals surface area contributed by atoms with E-state index in [1.165, 1.54) is 4.57 Å². The summed E-state index contributed by atoms with van der Waals surface area (Å²) in [6, 6.07) is 6.65. The number of nitrogens with one attached hydrogen (secondary N) is 2. The number of carbonyl (C=O) groups excluding carboxylic acids is 1. The molecule has 8 nitrogen and oxygen atoms in total. The molecular weight excluding hydrogens is 350 g/mol. The minimum atomic E-state index is -1.23. The molecule has 0 saturated heterocycles. The molecule has 1 aromatic carbocycles. The fourth-order valence-corrected chi connectivity index (χ4v) is 3.65. The maximum absolute atomic E-state index is 12.4. The number of aryl methyl sites for hydroxylation is 1. The summed E-state index contributed by atoms with van der Waals surface area (Å²) in [4.78, 5) is 50.4. The monoisotopic (exact) mass is 373 g/mol. The number of hydrogen-bond donors (Lipinski definition) is 3. The number of carbonyl (C=O) groups is 2. The third-order valence-electron chi connectivity index (χ3n) is 5.38. The first-order valence-electron chi connectivity index (χ1n) is 9.09. The van der Waals surface area contributed by atoms with Gasteiger partial charge in [0.05, 0.1) is 10.9 Å². The Labute approximate surface area is 155 Å². The van der Waals surface area contributed by atoms with Crippen LogP contribution < -0.4 is 16.6 Å². The maximum atomic E-state index is 12.4. The number of nitrogens with zero attached hydrogens (tertiary/aromatic N) is 1. The smallest absolute Gasteiger partial charge is 0.329 e. The van der Waals surface area contributed by atoms with Crippen molar-refractivity contribution in [1.82, 2.24) is 14.9 Å².